The summed E-state index contributed by atoms with van der Waals surface area (Å²) in [5.74, 6) is 0.763. The third-order valence-electron chi connectivity index (χ3n) is 4.62. The molecule has 0 radical (unpaired) electrons. The third kappa shape index (κ3) is 3.82. The number of nitrogens with zero attached hydrogens (tertiary/aromatic N) is 3. The van der Waals surface area contributed by atoms with Gasteiger partial charge in [-0.2, -0.15) is 0 Å². The van der Waals surface area contributed by atoms with Crippen LogP contribution in [0.15, 0.2) is 59.8 Å². The lowest BCUT2D eigenvalue weighted by atomic mass is 10.1. The van der Waals surface area contributed by atoms with Crippen LogP contribution in [0.2, 0.25) is 5.02 Å². The number of hydrogen-bond donors (Lipinski definition) is 3. The number of imidazole rings is 1. The molecule has 0 unspecified atom stereocenters. The van der Waals surface area contributed by atoms with Gasteiger partial charge in [0.1, 0.15) is 10.6 Å². The molecule has 0 amide bonds. The topological polar surface area (TPSA) is 123 Å². The number of rotatable bonds is 5. The Kier molecular flexibility index (Phi) is 5.10. The summed E-state index contributed by atoms with van der Waals surface area (Å²) in [5, 5.41) is 18.0. The fraction of sp³-hybridized carbons (Fsp3) is 0.100. The maximum Gasteiger partial charge on any atom is 0.239 e. The Morgan fingerprint density at radius 1 is 1.20 bits per heavy atom. The minimum Gasteiger partial charge on any atom is -0.508 e. The Morgan fingerprint density at radius 2 is 1.93 bits per heavy atom. The molecule has 0 atom stereocenters. The summed E-state index contributed by atoms with van der Waals surface area (Å²) < 4.78 is 24.9. The summed E-state index contributed by atoms with van der Waals surface area (Å²) in [4.78, 5) is 8.91. The number of nitrogens with one attached hydrogen (secondary N) is 1. The lowest BCUT2D eigenvalue weighted by Gasteiger charge is -2.09. The Balaban J connectivity index is 1.65. The van der Waals surface area contributed by atoms with Crippen LogP contribution in [0.25, 0.3) is 16.9 Å². The molecule has 0 aliphatic rings. The molecule has 2 aromatic heterocycles. The highest BCUT2D eigenvalue weighted by atomic mass is 35.5. The number of halogens is 1. The normalized spacial score (nSPS) is 11.7. The monoisotopic (exact) mass is 443 g/mol. The number of phenols is 1. The number of primary sulfonamides is 1. The third-order valence-corrected chi connectivity index (χ3v) is 6.01. The maximum absolute atomic E-state index is 11.5. The summed E-state index contributed by atoms with van der Waals surface area (Å²) in [6.07, 6.45) is 3.48. The molecule has 8 nitrogen and oxygen atoms in total. The molecule has 4 rings (SSSR count). The van der Waals surface area contributed by atoms with Crippen molar-refractivity contribution in [1.29, 1.82) is 0 Å². The highest BCUT2D eigenvalue weighted by Crippen LogP contribution is 2.28. The number of fused-ring (bicyclic) bond motifs is 1. The van der Waals surface area contributed by atoms with Crippen molar-refractivity contribution in [3.63, 3.8) is 0 Å². The number of aromatic nitrogens is 3. The smallest absolute Gasteiger partial charge is 0.239 e. The molecular weight excluding hydrogens is 426 g/mol. The number of nitrogens with two attached hydrogens (primary N) is 1. The zero-order valence-electron chi connectivity index (χ0n) is 15.9. The summed E-state index contributed by atoms with van der Waals surface area (Å²) in [7, 11) is -3.87. The predicted octanol–water partition coefficient (Wildman–Crippen LogP) is 3.32. The van der Waals surface area contributed by atoms with Crippen LogP contribution < -0.4 is 10.5 Å². The average molecular weight is 444 g/mol. The number of phenolic OH excluding ortho intramolecular Hbond substituents is 1. The van der Waals surface area contributed by atoms with Gasteiger partial charge in [0.25, 0.3) is 0 Å². The average Bonchev–Trinajstić information content (AvgIpc) is 3.02. The van der Waals surface area contributed by atoms with Crippen LogP contribution in [0, 0.1) is 6.92 Å². The number of aromatic hydroxyl groups is 1. The molecule has 4 aromatic rings. The van der Waals surface area contributed by atoms with E-state index in [2.05, 4.69) is 15.3 Å². The van der Waals surface area contributed by atoms with Crippen LogP contribution in [-0.4, -0.2) is 27.9 Å². The van der Waals surface area contributed by atoms with Crippen LogP contribution in [0.4, 0.5) is 5.82 Å². The lowest BCUT2D eigenvalue weighted by molar-refractivity contribution is 0.475. The molecule has 0 spiro atoms. The minimum atomic E-state index is -3.87. The van der Waals surface area contributed by atoms with Crippen molar-refractivity contribution in [2.75, 3.05) is 5.32 Å². The van der Waals surface area contributed by atoms with Gasteiger partial charge in [-0.05, 0) is 48.9 Å². The van der Waals surface area contributed by atoms with Gasteiger partial charge in [0.2, 0.25) is 10.0 Å². The molecule has 10 heteroatoms. The second-order valence-corrected chi connectivity index (χ2v) is 8.66. The number of sulfonamides is 1. The van der Waals surface area contributed by atoms with Gasteiger partial charge in [-0.1, -0.05) is 17.7 Å². The van der Waals surface area contributed by atoms with Crippen molar-refractivity contribution in [1.82, 2.24) is 14.4 Å². The standard InChI is InChI=1S/C20H18ClN5O3S/c1-12-18(14-3-5-15(27)6-4-14)26-9-8-23-19(20(26)25-12)24-11-13-2-7-17(16(21)10-13)30(22,28)29/h2-10,27H,11H2,1H3,(H,23,24)(H2,22,28,29). The quantitative estimate of drug-likeness (QED) is 0.434. The van der Waals surface area contributed by atoms with Crippen LogP contribution in [0.5, 0.6) is 5.75 Å². The largest absolute Gasteiger partial charge is 0.508 e. The fourth-order valence-corrected chi connectivity index (χ4v) is 4.37. The summed E-state index contributed by atoms with van der Waals surface area (Å²) in [6, 6.07) is 11.5. The van der Waals surface area contributed by atoms with Crippen molar-refractivity contribution in [2.24, 2.45) is 5.14 Å². The first-order valence-electron chi connectivity index (χ1n) is 8.92. The number of aryl methyl sites for hydroxylation is 1. The molecule has 30 heavy (non-hydrogen) atoms. The van der Waals surface area contributed by atoms with E-state index in [1.54, 1.807) is 30.5 Å². The van der Waals surface area contributed by atoms with E-state index < -0.39 is 10.0 Å². The Bertz CT molecular complexity index is 1350. The molecular formula is C20H18ClN5O3S. The van der Waals surface area contributed by atoms with E-state index in [-0.39, 0.29) is 15.7 Å². The zero-order valence-corrected chi connectivity index (χ0v) is 17.4. The minimum absolute atomic E-state index is 0.0641. The first-order chi connectivity index (χ1) is 14.2. The molecule has 0 saturated heterocycles. The van der Waals surface area contributed by atoms with Crippen molar-refractivity contribution >= 4 is 33.1 Å². The van der Waals surface area contributed by atoms with Crippen LogP contribution in [-0.2, 0) is 16.6 Å². The molecule has 0 fully saturated rings. The molecule has 0 aliphatic heterocycles. The molecule has 2 heterocycles. The lowest BCUT2D eigenvalue weighted by Crippen LogP contribution is -2.13. The Labute approximate surface area is 178 Å². The van der Waals surface area contributed by atoms with Crippen molar-refractivity contribution in [3.8, 4) is 17.0 Å². The van der Waals surface area contributed by atoms with E-state index in [0.717, 1.165) is 22.5 Å². The van der Waals surface area contributed by atoms with Crippen LogP contribution in [0.3, 0.4) is 0 Å². The highest BCUT2D eigenvalue weighted by molar-refractivity contribution is 7.89. The maximum atomic E-state index is 11.5. The first kappa shape index (κ1) is 20.1. The van der Waals surface area contributed by atoms with Gasteiger partial charge in [0.05, 0.1) is 16.4 Å². The van der Waals surface area contributed by atoms with E-state index in [9.17, 15) is 13.5 Å². The van der Waals surface area contributed by atoms with Crippen molar-refractivity contribution < 1.29 is 13.5 Å². The van der Waals surface area contributed by atoms with E-state index >= 15 is 0 Å². The van der Waals surface area contributed by atoms with Crippen molar-refractivity contribution in [2.45, 2.75) is 18.4 Å². The number of hydrogen-bond acceptors (Lipinski definition) is 6. The summed E-state index contributed by atoms with van der Waals surface area (Å²) in [5.41, 5.74) is 4.04. The van der Waals surface area contributed by atoms with Gasteiger partial charge in [-0.25, -0.2) is 23.5 Å². The van der Waals surface area contributed by atoms with Gasteiger partial charge in [0, 0.05) is 24.5 Å². The van der Waals surface area contributed by atoms with Crippen LogP contribution in [0.1, 0.15) is 11.3 Å². The molecule has 0 bridgehead atoms. The molecule has 0 saturated carbocycles. The second-order valence-electron chi connectivity index (χ2n) is 6.73. The fourth-order valence-electron chi connectivity index (χ4n) is 3.25. The van der Waals surface area contributed by atoms with E-state index in [1.807, 2.05) is 29.7 Å². The number of anilines is 1. The number of benzene rings is 2. The van der Waals surface area contributed by atoms with Gasteiger partial charge in [-0.3, -0.25) is 4.40 Å². The van der Waals surface area contributed by atoms with Gasteiger partial charge >= 0.3 is 0 Å². The van der Waals surface area contributed by atoms with Gasteiger partial charge in [0.15, 0.2) is 11.5 Å². The van der Waals surface area contributed by atoms with E-state index in [0.29, 0.717) is 18.0 Å². The molecule has 4 N–H and O–H groups in total. The SMILES string of the molecule is Cc1nc2c(NCc3ccc(S(N)(=O)=O)c(Cl)c3)nccn2c1-c1ccc(O)cc1. The first-order valence-corrected chi connectivity index (χ1v) is 10.8. The van der Waals surface area contributed by atoms with Gasteiger partial charge < -0.3 is 10.4 Å². The Morgan fingerprint density at radius 3 is 2.60 bits per heavy atom. The summed E-state index contributed by atoms with van der Waals surface area (Å²) >= 11 is 6.06. The molecule has 154 valence electrons. The zero-order chi connectivity index (χ0) is 21.5. The summed E-state index contributed by atoms with van der Waals surface area (Å²) in [6.45, 7) is 2.27. The second kappa shape index (κ2) is 7.60. The van der Waals surface area contributed by atoms with E-state index in [4.69, 9.17) is 16.7 Å². The van der Waals surface area contributed by atoms with E-state index in [1.165, 1.54) is 6.07 Å². The Hall–Kier alpha value is -3.14. The predicted molar refractivity (Wildman–Crippen MR) is 115 cm³/mol. The van der Waals surface area contributed by atoms with Crippen molar-refractivity contribution in [3.05, 3.63) is 71.1 Å². The highest BCUT2D eigenvalue weighted by Gasteiger charge is 2.16. The molecule has 0 aliphatic carbocycles. The van der Waals surface area contributed by atoms with Gasteiger partial charge in [-0.15, -0.1) is 0 Å². The van der Waals surface area contributed by atoms with Crippen LogP contribution >= 0.6 is 11.6 Å². The molecule has 2 aromatic carbocycles.